The SMILES string of the molecule is O=C(/C=C/c1ccc(-c2cccc(Cl)c2)o1)c1cc(Cl)ccc1Cl. The zero-order valence-electron chi connectivity index (χ0n) is 12.3. The van der Waals surface area contributed by atoms with Gasteiger partial charge in [0, 0.05) is 21.2 Å². The molecule has 24 heavy (non-hydrogen) atoms. The van der Waals surface area contributed by atoms with E-state index in [4.69, 9.17) is 39.2 Å². The normalized spacial score (nSPS) is 11.1. The fraction of sp³-hybridized carbons (Fsp3) is 0. The Bertz CT molecular complexity index is 926. The van der Waals surface area contributed by atoms with Crippen LogP contribution >= 0.6 is 34.8 Å². The van der Waals surface area contributed by atoms with E-state index in [0.29, 0.717) is 32.2 Å². The van der Waals surface area contributed by atoms with Crippen LogP contribution in [0, 0.1) is 0 Å². The van der Waals surface area contributed by atoms with Crippen LogP contribution in [0.15, 0.2) is 65.1 Å². The van der Waals surface area contributed by atoms with Gasteiger partial charge in [-0.1, -0.05) is 46.9 Å². The van der Waals surface area contributed by atoms with E-state index in [1.807, 2.05) is 24.3 Å². The standard InChI is InChI=1S/C19H11Cl3O2/c20-13-3-1-2-12(10-13)19-9-6-15(24-19)5-8-18(23)16-11-14(21)4-7-17(16)22/h1-11H/b8-5+. The zero-order valence-corrected chi connectivity index (χ0v) is 14.6. The number of carbonyl (C=O) groups is 1. The minimum absolute atomic E-state index is 0.247. The number of hydrogen-bond donors (Lipinski definition) is 0. The molecule has 0 amide bonds. The number of halogens is 3. The molecule has 0 aliphatic heterocycles. The average molecular weight is 378 g/mol. The van der Waals surface area contributed by atoms with E-state index >= 15 is 0 Å². The maximum Gasteiger partial charge on any atom is 0.187 e. The van der Waals surface area contributed by atoms with Gasteiger partial charge in [0.25, 0.3) is 0 Å². The lowest BCUT2D eigenvalue weighted by molar-refractivity contribution is 0.104. The van der Waals surface area contributed by atoms with Gasteiger partial charge in [0.2, 0.25) is 0 Å². The molecule has 5 heteroatoms. The molecule has 0 aliphatic rings. The van der Waals surface area contributed by atoms with E-state index in [2.05, 4.69) is 0 Å². The van der Waals surface area contributed by atoms with Crippen molar-refractivity contribution in [2.45, 2.75) is 0 Å². The van der Waals surface area contributed by atoms with Crippen molar-refractivity contribution in [2.75, 3.05) is 0 Å². The number of ketones is 1. The predicted molar refractivity (Wildman–Crippen MR) is 99.0 cm³/mol. The van der Waals surface area contributed by atoms with Gasteiger partial charge in [-0.05, 0) is 54.6 Å². The molecule has 0 spiro atoms. The first-order chi connectivity index (χ1) is 11.5. The van der Waals surface area contributed by atoms with Crippen molar-refractivity contribution >= 4 is 46.7 Å². The molecule has 1 heterocycles. The van der Waals surface area contributed by atoms with Crippen LogP contribution in [0.2, 0.25) is 15.1 Å². The first kappa shape index (κ1) is 16.8. The summed E-state index contributed by atoms with van der Waals surface area (Å²) in [6.45, 7) is 0. The quantitative estimate of drug-likeness (QED) is 0.369. The van der Waals surface area contributed by atoms with Crippen LogP contribution in [0.4, 0.5) is 0 Å². The van der Waals surface area contributed by atoms with Crippen molar-refractivity contribution in [2.24, 2.45) is 0 Å². The Morgan fingerprint density at radius 2 is 1.71 bits per heavy atom. The molecule has 0 radical (unpaired) electrons. The summed E-state index contributed by atoms with van der Waals surface area (Å²) in [6.07, 6.45) is 2.99. The second-order valence-electron chi connectivity index (χ2n) is 5.03. The topological polar surface area (TPSA) is 30.2 Å². The van der Waals surface area contributed by atoms with Crippen LogP contribution in [0.3, 0.4) is 0 Å². The van der Waals surface area contributed by atoms with Gasteiger partial charge in [-0.3, -0.25) is 4.79 Å². The smallest absolute Gasteiger partial charge is 0.187 e. The molecule has 0 saturated heterocycles. The fourth-order valence-electron chi connectivity index (χ4n) is 2.17. The Hall–Kier alpha value is -2.00. The van der Waals surface area contributed by atoms with Gasteiger partial charge in [-0.2, -0.15) is 0 Å². The highest BCUT2D eigenvalue weighted by Crippen LogP contribution is 2.26. The molecule has 0 fully saturated rings. The summed E-state index contributed by atoms with van der Waals surface area (Å²) in [4.78, 5) is 12.2. The van der Waals surface area contributed by atoms with E-state index in [-0.39, 0.29) is 5.78 Å². The summed E-state index contributed by atoms with van der Waals surface area (Å²) >= 11 is 17.9. The average Bonchev–Trinajstić information content (AvgIpc) is 3.04. The largest absolute Gasteiger partial charge is 0.457 e. The van der Waals surface area contributed by atoms with Gasteiger partial charge in [0.05, 0.1) is 5.02 Å². The molecule has 1 aromatic heterocycles. The third kappa shape index (κ3) is 3.90. The van der Waals surface area contributed by atoms with Crippen LogP contribution in [0.1, 0.15) is 16.1 Å². The number of benzene rings is 2. The number of carbonyl (C=O) groups excluding carboxylic acids is 1. The molecule has 0 unspecified atom stereocenters. The lowest BCUT2D eigenvalue weighted by atomic mass is 10.1. The fourth-order valence-corrected chi connectivity index (χ4v) is 2.75. The zero-order chi connectivity index (χ0) is 17.1. The molecule has 0 atom stereocenters. The van der Waals surface area contributed by atoms with Gasteiger partial charge >= 0.3 is 0 Å². The Labute approximate surface area is 154 Å². The maximum atomic E-state index is 12.2. The van der Waals surface area contributed by atoms with Gasteiger partial charge in [-0.25, -0.2) is 0 Å². The highest BCUT2D eigenvalue weighted by molar-refractivity contribution is 6.36. The monoisotopic (exact) mass is 376 g/mol. The Kier molecular flexibility index (Phi) is 5.10. The second-order valence-corrected chi connectivity index (χ2v) is 6.31. The highest BCUT2D eigenvalue weighted by Gasteiger charge is 2.09. The number of hydrogen-bond acceptors (Lipinski definition) is 2. The first-order valence-corrected chi connectivity index (χ1v) is 8.19. The van der Waals surface area contributed by atoms with Crippen LogP contribution in [0.5, 0.6) is 0 Å². The van der Waals surface area contributed by atoms with Crippen molar-refractivity contribution < 1.29 is 9.21 Å². The molecular weight excluding hydrogens is 367 g/mol. The Morgan fingerprint density at radius 3 is 2.50 bits per heavy atom. The van der Waals surface area contributed by atoms with Crippen molar-refractivity contribution in [1.29, 1.82) is 0 Å². The van der Waals surface area contributed by atoms with Gasteiger partial charge in [0.15, 0.2) is 5.78 Å². The summed E-state index contributed by atoms with van der Waals surface area (Å²) < 4.78 is 5.71. The van der Waals surface area contributed by atoms with E-state index < -0.39 is 0 Å². The number of furan rings is 1. The molecule has 0 bridgehead atoms. The van der Waals surface area contributed by atoms with E-state index in [9.17, 15) is 4.79 Å². The summed E-state index contributed by atoms with van der Waals surface area (Å²) in [7, 11) is 0. The van der Waals surface area contributed by atoms with Crippen molar-refractivity contribution in [3.63, 3.8) is 0 Å². The molecule has 120 valence electrons. The summed E-state index contributed by atoms with van der Waals surface area (Å²) in [6, 6.07) is 15.7. The third-order valence-electron chi connectivity index (χ3n) is 3.33. The molecule has 0 saturated carbocycles. The molecular formula is C19H11Cl3O2. The van der Waals surface area contributed by atoms with Gasteiger partial charge < -0.3 is 4.42 Å². The lowest BCUT2D eigenvalue weighted by Gasteiger charge is -2.00. The summed E-state index contributed by atoms with van der Waals surface area (Å²) in [5.41, 5.74) is 1.22. The molecule has 0 aliphatic carbocycles. The minimum atomic E-state index is -0.247. The van der Waals surface area contributed by atoms with Crippen molar-refractivity contribution in [1.82, 2.24) is 0 Å². The summed E-state index contributed by atoms with van der Waals surface area (Å²) in [5, 5.41) is 1.44. The van der Waals surface area contributed by atoms with E-state index in [1.165, 1.54) is 12.1 Å². The van der Waals surface area contributed by atoms with E-state index in [1.54, 1.807) is 30.3 Å². The Morgan fingerprint density at radius 1 is 0.917 bits per heavy atom. The number of allylic oxidation sites excluding steroid dienone is 1. The molecule has 3 aromatic rings. The van der Waals surface area contributed by atoms with Gasteiger partial charge in [-0.15, -0.1) is 0 Å². The van der Waals surface area contributed by atoms with Crippen molar-refractivity contribution in [3.8, 4) is 11.3 Å². The van der Waals surface area contributed by atoms with Crippen molar-refractivity contribution in [3.05, 3.63) is 87.1 Å². The first-order valence-electron chi connectivity index (χ1n) is 7.06. The highest BCUT2D eigenvalue weighted by atomic mass is 35.5. The van der Waals surface area contributed by atoms with Crippen LogP contribution in [-0.2, 0) is 0 Å². The Balaban J connectivity index is 1.80. The maximum absolute atomic E-state index is 12.2. The summed E-state index contributed by atoms with van der Waals surface area (Å²) in [5.74, 6) is 0.977. The predicted octanol–water partition coefficient (Wildman–Crippen LogP) is 6.80. The second kappa shape index (κ2) is 7.27. The minimum Gasteiger partial charge on any atom is -0.457 e. The van der Waals surface area contributed by atoms with Gasteiger partial charge in [0.1, 0.15) is 11.5 Å². The molecule has 3 rings (SSSR count). The lowest BCUT2D eigenvalue weighted by Crippen LogP contribution is -1.95. The third-order valence-corrected chi connectivity index (χ3v) is 4.13. The van der Waals surface area contributed by atoms with E-state index in [0.717, 1.165) is 5.56 Å². The number of rotatable bonds is 4. The van der Waals surface area contributed by atoms with Crippen LogP contribution in [-0.4, -0.2) is 5.78 Å². The molecule has 2 aromatic carbocycles. The van der Waals surface area contributed by atoms with Crippen LogP contribution < -0.4 is 0 Å². The van der Waals surface area contributed by atoms with Crippen LogP contribution in [0.25, 0.3) is 17.4 Å². The molecule has 0 N–H and O–H groups in total. The molecule has 2 nitrogen and oxygen atoms in total.